The lowest BCUT2D eigenvalue weighted by atomic mass is 9.70. The van der Waals surface area contributed by atoms with Crippen LogP contribution < -0.4 is 0 Å². The molecule has 1 aromatic heterocycles. The van der Waals surface area contributed by atoms with E-state index in [1.54, 1.807) is 6.08 Å². The summed E-state index contributed by atoms with van der Waals surface area (Å²) in [5, 5.41) is 11.2. The van der Waals surface area contributed by atoms with E-state index in [1.807, 2.05) is 0 Å². The van der Waals surface area contributed by atoms with Gasteiger partial charge in [-0.05, 0) is 55.1 Å². The van der Waals surface area contributed by atoms with Crippen LogP contribution in [0.4, 0.5) is 4.39 Å². The van der Waals surface area contributed by atoms with Crippen LogP contribution >= 0.6 is 11.8 Å². The van der Waals surface area contributed by atoms with Crippen molar-refractivity contribution in [2.75, 3.05) is 0 Å². The van der Waals surface area contributed by atoms with E-state index in [0.717, 1.165) is 55.5 Å². The zero-order valence-corrected chi connectivity index (χ0v) is 18.7. The highest BCUT2D eigenvalue weighted by Crippen LogP contribution is 2.61. The van der Waals surface area contributed by atoms with Crippen molar-refractivity contribution in [3.63, 3.8) is 0 Å². The molecule has 29 heavy (non-hydrogen) atoms. The highest BCUT2D eigenvalue weighted by Gasteiger charge is 2.54. The van der Waals surface area contributed by atoms with Crippen LogP contribution in [-0.4, -0.2) is 15.3 Å². The van der Waals surface area contributed by atoms with Gasteiger partial charge in [0.1, 0.15) is 0 Å². The van der Waals surface area contributed by atoms with Gasteiger partial charge in [0.15, 0.2) is 5.16 Å². The molecular formula is C24H32FNO2S. The number of aliphatic hydroxyl groups excluding tert-OH is 1. The predicted molar refractivity (Wildman–Crippen MR) is 115 cm³/mol. The fourth-order valence-corrected chi connectivity index (χ4v) is 7.11. The number of ether oxygens (including phenoxy) is 1. The third-order valence-electron chi connectivity index (χ3n) is 7.27. The van der Waals surface area contributed by atoms with Crippen molar-refractivity contribution in [3.8, 4) is 0 Å². The standard InChI is InChI=1S/C24H32FNO2S/c1-13(2)21-19-20(18-14(26-21)11-23(3,4)12-15(18)27)24(9-5-6-10-24)28-22(19)16-7-8-17(25)29-16/h8,13,15-16,22,27H,5-7,9-12H2,1-4H3/t15-,16-,22?/m0/s1. The molecule has 1 unspecified atom stereocenters. The SMILES string of the molecule is CC(C)c1nc2c(c3c1C([C@@H]1CC=C(F)S1)OC31CCCC1)[C@@H](O)CC(C)(C)C2. The lowest BCUT2D eigenvalue weighted by Crippen LogP contribution is -2.32. The second-order valence-electron chi connectivity index (χ2n) is 10.5. The van der Waals surface area contributed by atoms with E-state index in [0.29, 0.717) is 6.42 Å². The molecule has 0 aromatic carbocycles. The summed E-state index contributed by atoms with van der Waals surface area (Å²) in [6.07, 6.45) is 7.67. The lowest BCUT2D eigenvalue weighted by Gasteiger charge is -2.38. The summed E-state index contributed by atoms with van der Waals surface area (Å²) in [6, 6.07) is 0. The van der Waals surface area contributed by atoms with Crippen LogP contribution in [0, 0.1) is 5.41 Å². The van der Waals surface area contributed by atoms with Crippen LogP contribution in [0.2, 0.25) is 0 Å². The minimum atomic E-state index is -0.498. The third-order valence-corrected chi connectivity index (χ3v) is 8.40. The molecule has 1 fully saturated rings. The summed E-state index contributed by atoms with van der Waals surface area (Å²) in [7, 11) is 0. The van der Waals surface area contributed by atoms with E-state index in [4.69, 9.17) is 9.72 Å². The molecule has 158 valence electrons. The first kappa shape index (κ1) is 20.0. The predicted octanol–water partition coefficient (Wildman–Crippen LogP) is 6.37. The molecule has 3 heterocycles. The van der Waals surface area contributed by atoms with Gasteiger partial charge in [0.05, 0.1) is 17.8 Å². The van der Waals surface area contributed by atoms with Crippen LogP contribution in [-0.2, 0) is 16.8 Å². The number of aliphatic hydroxyl groups is 1. The van der Waals surface area contributed by atoms with Crippen LogP contribution in [0.3, 0.4) is 0 Å². The molecule has 4 aliphatic rings. The lowest BCUT2D eigenvalue weighted by molar-refractivity contribution is -0.0738. The van der Waals surface area contributed by atoms with Gasteiger partial charge >= 0.3 is 0 Å². The second kappa shape index (κ2) is 6.80. The molecule has 0 radical (unpaired) electrons. The number of nitrogens with zero attached hydrogens (tertiary/aromatic N) is 1. The van der Waals surface area contributed by atoms with Gasteiger partial charge in [-0.2, -0.15) is 4.39 Å². The van der Waals surface area contributed by atoms with Gasteiger partial charge in [0.2, 0.25) is 0 Å². The summed E-state index contributed by atoms with van der Waals surface area (Å²) in [6.45, 7) is 8.82. The molecule has 2 aliphatic carbocycles. The van der Waals surface area contributed by atoms with E-state index in [1.165, 1.54) is 22.9 Å². The van der Waals surface area contributed by atoms with Crippen LogP contribution in [0.15, 0.2) is 11.2 Å². The average molecular weight is 418 g/mol. The molecule has 0 amide bonds. The van der Waals surface area contributed by atoms with E-state index in [9.17, 15) is 9.50 Å². The number of hydrogen-bond donors (Lipinski definition) is 1. The largest absolute Gasteiger partial charge is 0.388 e. The first-order chi connectivity index (χ1) is 13.7. The van der Waals surface area contributed by atoms with Gasteiger partial charge in [-0.15, -0.1) is 0 Å². The van der Waals surface area contributed by atoms with E-state index >= 15 is 0 Å². The highest BCUT2D eigenvalue weighted by atomic mass is 32.2. The molecule has 1 aromatic rings. The van der Waals surface area contributed by atoms with Gasteiger partial charge in [0, 0.05) is 27.8 Å². The third kappa shape index (κ3) is 3.11. The first-order valence-electron chi connectivity index (χ1n) is 11.2. The molecule has 1 N–H and O–H groups in total. The van der Waals surface area contributed by atoms with Crippen molar-refractivity contribution >= 4 is 11.8 Å². The number of fused-ring (bicyclic) bond motifs is 4. The van der Waals surface area contributed by atoms with Crippen molar-refractivity contribution in [1.82, 2.24) is 4.98 Å². The van der Waals surface area contributed by atoms with Crippen LogP contribution in [0.5, 0.6) is 0 Å². The fourth-order valence-electron chi connectivity index (χ4n) is 6.12. The number of thioether (sulfide) groups is 1. The van der Waals surface area contributed by atoms with Gasteiger partial charge in [-0.3, -0.25) is 4.98 Å². The van der Waals surface area contributed by atoms with Gasteiger partial charge < -0.3 is 9.84 Å². The molecular weight excluding hydrogens is 385 g/mol. The van der Waals surface area contributed by atoms with Crippen LogP contribution in [0.1, 0.15) is 112 Å². The summed E-state index contributed by atoms with van der Waals surface area (Å²) in [5.41, 5.74) is 5.35. The number of pyridine rings is 1. The van der Waals surface area contributed by atoms with Gasteiger partial charge in [-0.25, -0.2) is 0 Å². The Morgan fingerprint density at radius 2 is 1.97 bits per heavy atom. The summed E-state index contributed by atoms with van der Waals surface area (Å²) >= 11 is 1.31. The first-order valence-corrected chi connectivity index (χ1v) is 12.0. The quantitative estimate of drug-likeness (QED) is 0.607. The number of rotatable bonds is 2. The Morgan fingerprint density at radius 3 is 2.59 bits per heavy atom. The molecule has 0 saturated heterocycles. The molecule has 3 atom stereocenters. The second-order valence-corrected chi connectivity index (χ2v) is 11.7. The Hall–Kier alpha value is -0.910. The number of allylic oxidation sites excluding steroid dienone is 1. The molecule has 5 rings (SSSR count). The van der Waals surface area contributed by atoms with Gasteiger partial charge in [-0.1, -0.05) is 52.3 Å². The van der Waals surface area contributed by atoms with Crippen LogP contribution in [0.25, 0.3) is 0 Å². The van der Waals surface area contributed by atoms with E-state index in [-0.39, 0.29) is 33.4 Å². The minimum Gasteiger partial charge on any atom is -0.388 e. The van der Waals surface area contributed by atoms with Crippen molar-refractivity contribution < 1.29 is 14.2 Å². The molecule has 1 saturated carbocycles. The Morgan fingerprint density at radius 1 is 1.24 bits per heavy atom. The maximum Gasteiger partial charge on any atom is 0.152 e. The van der Waals surface area contributed by atoms with E-state index in [2.05, 4.69) is 27.7 Å². The summed E-state index contributed by atoms with van der Waals surface area (Å²) < 4.78 is 20.9. The Labute approximate surface area is 177 Å². The minimum absolute atomic E-state index is 0.0396. The maximum atomic E-state index is 14.0. The molecule has 3 nitrogen and oxygen atoms in total. The smallest absolute Gasteiger partial charge is 0.152 e. The Bertz CT molecular complexity index is 872. The van der Waals surface area contributed by atoms with Crippen molar-refractivity contribution in [1.29, 1.82) is 0 Å². The molecule has 2 aliphatic heterocycles. The average Bonchev–Trinajstić information content (AvgIpc) is 3.33. The number of hydrogen-bond acceptors (Lipinski definition) is 4. The Kier molecular flexibility index (Phi) is 4.69. The highest BCUT2D eigenvalue weighted by molar-refractivity contribution is 8.03. The van der Waals surface area contributed by atoms with Crippen molar-refractivity contribution in [2.45, 2.75) is 102 Å². The molecule has 1 spiro atoms. The zero-order valence-electron chi connectivity index (χ0n) is 17.9. The number of halogens is 1. The van der Waals surface area contributed by atoms with E-state index < -0.39 is 6.10 Å². The van der Waals surface area contributed by atoms with Crippen molar-refractivity contribution in [2.24, 2.45) is 5.41 Å². The maximum absolute atomic E-state index is 14.0. The fraction of sp³-hybridized carbons (Fsp3) is 0.708. The molecule has 5 heteroatoms. The summed E-state index contributed by atoms with van der Waals surface area (Å²) in [5.74, 6) is 0.267. The topological polar surface area (TPSA) is 42.4 Å². The number of aromatic nitrogens is 1. The van der Waals surface area contributed by atoms with Crippen molar-refractivity contribution in [3.05, 3.63) is 39.3 Å². The van der Waals surface area contributed by atoms with Gasteiger partial charge in [0.25, 0.3) is 0 Å². The molecule has 0 bridgehead atoms. The zero-order chi connectivity index (χ0) is 20.6. The Balaban J connectivity index is 1.74. The summed E-state index contributed by atoms with van der Waals surface area (Å²) in [4.78, 5) is 5.17. The normalized spacial score (nSPS) is 32.0. The monoisotopic (exact) mass is 417 g/mol.